The van der Waals surface area contributed by atoms with Gasteiger partial charge in [0.25, 0.3) is 0 Å². The van der Waals surface area contributed by atoms with Crippen LogP contribution in [0.4, 0.5) is 0 Å². The SMILES string of the molecule is CCC(C)(C)Oc1ccc(C(C)(C)c2ccc(OC(=O)c3ccccc3)c(Cl)c2)cc1Cl. The van der Waals surface area contributed by atoms with Crippen LogP contribution < -0.4 is 9.47 Å². The molecule has 3 aromatic carbocycles. The van der Waals surface area contributed by atoms with Gasteiger partial charge < -0.3 is 9.47 Å². The summed E-state index contributed by atoms with van der Waals surface area (Å²) in [5, 5.41) is 0.937. The fourth-order valence-electron chi connectivity index (χ4n) is 3.21. The van der Waals surface area contributed by atoms with Crippen LogP contribution in [-0.4, -0.2) is 11.6 Å². The van der Waals surface area contributed by atoms with Crippen molar-refractivity contribution in [1.29, 1.82) is 0 Å². The fourth-order valence-corrected chi connectivity index (χ4v) is 3.65. The highest BCUT2D eigenvalue weighted by Crippen LogP contribution is 2.39. The lowest BCUT2D eigenvalue weighted by Crippen LogP contribution is -2.27. The van der Waals surface area contributed by atoms with Crippen LogP contribution in [0.5, 0.6) is 11.5 Å². The third-order valence-corrected chi connectivity index (χ3v) is 6.35. The van der Waals surface area contributed by atoms with Gasteiger partial charge in [0.1, 0.15) is 17.1 Å². The van der Waals surface area contributed by atoms with Gasteiger partial charge in [0, 0.05) is 5.41 Å². The number of hydrogen-bond acceptors (Lipinski definition) is 3. The summed E-state index contributed by atoms with van der Waals surface area (Å²) in [5.74, 6) is 0.541. The Bertz CT molecular complexity index is 1110. The minimum atomic E-state index is -0.447. The molecule has 0 heterocycles. The van der Waals surface area contributed by atoms with E-state index in [4.69, 9.17) is 32.7 Å². The zero-order chi connectivity index (χ0) is 23.5. The lowest BCUT2D eigenvalue weighted by molar-refractivity contribution is 0.0734. The van der Waals surface area contributed by atoms with Gasteiger partial charge in [-0.3, -0.25) is 0 Å². The van der Waals surface area contributed by atoms with Crippen molar-refractivity contribution < 1.29 is 14.3 Å². The van der Waals surface area contributed by atoms with Gasteiger partial charge in [0.05, 0.1) is 15.6 Å². The summed E-state index contributed by atoms with van der Waals surface area (Å²) in [6.45, 7) is 10.3. The molecular formula is C27H28Cl2O3. The molecule has 0 aliphatic rings. The van der Waals surface area contributed by atoms with Crippen LogP contribution in [0.3, 0.4) is 0 Å². The Hall–Kier alpha value is -2.49. The van der Waals surface area contributed by atoms with Gasteiger partial charge in [-0.25, -0.2) is 4.79 Å². The molecule has 0 N–H and O–H groups in total. The number of carbonyl (C=O) groups excluding carboxylic acids is 1. The predicted octanol–water partition coefficient (Wildman–Crippen LogP) is 8.11. The van der Waals surface area contributed by atoms with Crippen LogP contribution in [0.2, 0.25) is 10.0 Å². The maximum atomic E-state index is 12.4. The molecule has 5 heteroatoms. The number of hydrogen-bond donors (Lipinski definition) is 0. The number of carbonyl (C=O) groups is 1. The van der Waals surface area contributed by atoms with E-state index in [1.807, 2.05) is 50.2 Å². The number of ether oxygens (including phenoxy) is 2. The van der Waals surface area contributed by atoms with E-state index in [1.54, 1.807) is 30.3 Å². The lowest BCUT2D eigenvalue weighted by atomic mass is 9.78. The van der Waals surface area contributed by atoms with Gasteiger partial charge in [-0.1, -0.05) is 74.3 Å². The first-order valence-electron chi connectivity index (χ1n) is 10.6. The molecule has 0 spiro atoms. The summed E-state index contributed by atoms with van der Waals surface area (Å²) in [7, 11) is 0. The minimum absolute atomic E-state index is 0.290. The second-order valence-electron chi connectivity index (χ2n) is 8.89. The van der Waals surface area contributed by atoms with E-state index in [0.29, 0.717) is 27.1 Å². The van der Waals surface area contributed by atoms with Gasteiger partial charge >= 0.3 is 5.97 Å². The highest BCUT2D eigenvalue weighted by atomic mass is 35.5. The van der Waals surface area contributed by atoms with Crippen molar-refractivity contribution in [2.45, 2.75) is 52.1 Å². The third-order valence-electron chi connectivity index (χ3n) is 5.76. The van der Waals surface area contributed by atoms with Crippen LogP contribution in [0.1, 0.15) is 62.5 Å². The van der Waals surface area contributed by atoms with Crippen LogP contribution in [0.25, 0.3) is 0 Å². The quantitative estimate of drug-likeness (QED) is 0.258. The van der Waals surface area contributed by atoms with Crippen molar-refractivity contribution in [1.82, 2.24) is 0 Å². The molecule has 0 radical (unpaired) electrons. The summed E-state index contributed by atoms with van der Waals surface area (Å²) in [6, 6.07) is 20.1. The lowest BCUT2D eigenvalue weighted by Gasteiger charge is -2.29. The average molecular weight is 471 g/mol. The minimum Gasteiger partial charge on any atom is -0.486 e. The molecule has 3 nitrogen and oxygen atoms in total. The normalized spacial score (nSPS) is 11.8. The molecule has 32 heavy (non-hydrogen) atoms. The Balaban J connectivity index is 1.83. The second-order valence-corrected chi connectivity index (χ2v) is 9.70. The molecule has 0 unspecified atom stereocenters. The summed E-state index contributed by atoms with van der Waals surface area (Å²) < 4.78 is 11.5. The number of halogens is 2. The molecule has 3 rings (SSSR count). The summed E-state index contributed by atoms with van der Waals surface area (Å²) in [5.41, 5.74) is 1.79. The maximum absolute atomic E-state index is 12.4. The summed E-state index contributed by atoms with van der Waals surface area (Å²) >= 11 is 13.0. The Labute approximate surface area is 200 Å². The molecule has 0 aliphatic carbocycles. The first-order chi connectivity index (χ1) is 15.0. The molecule has 0 bridgehead atoms. The Morgan fingerprint density at radius 1 is 0.812 bits per heavy atom. The molecular weight excluding hydrogens is 443 g/mol. The zero-order valence-electron chi connectivity index (χ0n) is 19.0. The van der Waals surface area contributed by atoms with Crippen molar-refractivity contribution in [2.75, 3.05) is 0 Å². The van der Waals surface area contributed by atoms with Gasteiger partial charge in [-0.05, 0) is 67.8 Å². The molecule has 0 amide bonds. The van der Waals surface area contributed by atoms with Gasteiger partial charge in [0.15, 0.2) is 0 Å². The molecule has 0 saturated heterocycles. The van der Waals surface area contributed by atoms with Crippen molar-refractivity contribution in [3.8, 4) is 11.5 Å². The van der Waals surface area contributed by atoms with Gasteiger partial charge in [-0.2, -0.15) is 0 Å². The molecule has 0 saturated carbocycles. The van der Waals surface area contributed by atoms with Crippen molar-refractivity contribution in [3.05, 3.63) is 93.5 Å². The van der Waals surface area contributed by atoms with E-state index in [0.717, 1.165) is 17.5 Å². The largest absolute Gasteiger partial charge is 0.486 e. The van der Waals surface area contributed by atoms with Crippen LogP contribution in [-0.2, 0) is 5.41 Å². The monoisotopic (exact) mass is 470 g/mol. The molecule has 0 aromatic heterocycles. The van der Waals surface area contributed by atoms with E-state index in [1.165, 1.54) is 0 Å². The first kappa shape index (κ1) is 24.2. The Kier molecular flexibility index (Phi) is 7.22. The molecule has 3 aromatic rings. The molecule has 0 atom stereocenters. The molecule has 0 fully saturated rings. The maximum Gasteiger partial charge on any atom is 0.343 e. The van der Waals surface area contributed by atoms with E-state index in [9.17, 15) is 4.79 Å². The Morgan fingerprint density at radius 3 is 1.84 bits per heavy atom. The smallest absolute Gasteiger partial charge is 0.343 e. The van der Waals surface area contributed by atoms with E-state index in [2.05, 4.69) is 20.8 Å². The van der Waals surface area contributed by atoms with E-state index < -0.39 is 5.97 Å². The van der Waals surface area contributed by atoms with Gasteiger partial charge in [-0.15, -0.1) is 0 Å². The van der Waals surface area contributed by atoms with Crippen molar-refractivity contribution in [3.63, 3.8) is 0 Å². The number of rotatable bonds is 7. The summed E-state index contributed by atoms with van der Waals surface area (Å²) in [4.78, 5) is 12.4. The standard InChI is InChI=1S/C27H28Cl2O3/c1-6-26(2,3)32-24-15-13-20(17-22(24)29)27(4,5)19-12-14-23(21(28)16-19)31-25(30)18-10-8-7-9-11-18/h7-17H,6H2,1-5H3. The van der Waals surface area contributed by atoms with Crippen molar-refractivity contribution >= 4 is 29.2 Å². The van der Waals surface area contributed by atoms with Crippen LogP contribution in [0.15, 0.2) is 66.7 Å². The van der Waals surface area contributed by atoms with Crippen molar-refractivity contribution in [2.24, 2.45) is 0 Å². The van der Waals surface area contributed by atoms with Crippen LogP contribution >= 0.6 is 23.2 Å². The third kappa shape index (κ3) is 5.46. The Morgan fingerprint density at radius 2 is 1.34 bits per heavy atom. The second kappa shape index (κ2) is 9.56. The van der Waals surface area contributed by atoms with Gasteiger partial charge in [0.2, 0.25) is 0 Å². The molecule has 0 aliphatic heterocycles. The van der Waals surface area contributed by atoms with E-state index >= 15 is 0 Å². The zero-order valence-corrected chi connectivity index (χ0v) is 20.6. The topological polar surface area (TPSA) is 35.5 Å². The highest BCUT2D eigenvalue weighted by Gasteiger charge is 2.26. The predicted molar refractivity (Wildman–Crippen MR) is 131 cm³/mol. The van der Waals surface area contributed by atoms with E-state index in [-0.39, 0.29) is 11.0 Å². The average Bonchev–Trinajstić information content (AvgIpc) is 2.76. The number of esters is 1. The molecule has 168 valence electrons. The first-order valence-corrected chi connectivity index (χ1v) is 11.4. The highest BCUT2D eigenvalue weighted by molar-refractivity contribution is 6.32. The van der Waals surface area contributed by atoms with Crippen LogP contribution in [0, 0.1) is 0 Å². The summed E-state index contributed by atoms with van der Waals surface area (Å²) in [6.07, 6.45) is 0.871. The number of benzene rings is 3. The fraction of sp³-hybridized carbons (Fsp3) is 0.296.